The fourth-order valence-electron chi connectivity index (χ4n) is 4.04. The number of carboxylic acid groups (broad SMARTS) is 1. The molecule has 0 radical (unpaired) electrons. The Morgan fingerprint density at radius 2 is 1.31 bits per heavy atom. The van der Waals surface area contributed by atoms with Gasteiger partial charge in [-0.3, -0.25) is 19.2 Å². The number of hydrogen-bond donors (Lipinski definition) is 2. The zero-order valence-corrected chi connectivity index (χ0v) is 23.2. The second kappa shape index (κ2) is 13.3. The number of carbonyl (C=O) groups excluding carboxylic acids is 3. The number of aliphatic carboxylic acids is 1. The van der Waals surface area contributed by atoms with Crippen molar-refractivity contribution >= 4 is 29.0 Å². The number of Topliss-reactive ketones (excluding diaryl/α,β-unsaturated/α-hetero) is 1. The molecule has 0 spiro atoms. The summed E-state index contributed by atoms with van der Waals surface area (Å²) in [4.78, 5) is 49.7. The minimum atomic E-state index is -4.88. The van der Waals surface area contributed by atoms with Gasteiger partial charge >= 0.3 is 12.3 Å². The van der Waals surface area contributed by atoms with Crippen LogP contribution in [0.15, 0.2) is 78.9 Å². The van der Waals surface area contributed by atoms with Gasteiger partial charge < -0.3 is 15.2 Å². The van der Waals surface area contributed by atoms with Crippen LogP contribution in [-0.4, -0.2) is 41.5 Å². The van der Waals surface area contributed by atoms with Crippen LogP contribution in [-0.2, 0) is 11.2 Å². The first-order valence-corrected chi connectivity index (χ1v) is 13.0. The third-order valence-electron chi connectivity index (χ3n) is 5.93. The summed E-state index contributed by atoms with van der Waals surface area (Å²) in [6.07, 6.45) is -3.20. The molecular weight excluding hydrogens is 551 g/mol. The van der Waals surface area contributed by atoms with E-state index in [9.17, 15) is 32.3 Å². The Kier molecular flexibility index (Phi) is 10.1. The molecule has 0 unspecified atom stereocenters. The number of hydrogen-bond acceptors (Lipinski definition) is 5. The summed E-state index contributed by atoms with van der Waals surface area (Å²) in [5.41, 5.74) is 2.01. The van der Waals surface area contributed by atoms with Crippen molar-refractivity contribution in [2.45, 2.75) is 40.0 Å². The number of rotatable bonds is 11. The predicted molar refractivity (Wildman–Crippen MR) is 150 cm³/mol. The monoisotopic (exact) mass is 581 g/mol. The maximum atomic E-state index is 13.6. The van der Waals surface area contributed by atoms with Crippen LogP contribution >= 0.6 is 0 Å². The third kappa shape index (κ3) is 9.72. The van der Waals surface area contributed by atoms with E-state index in [0.717, 1.165) is 30.2 Å². The fraction of sp³-hybridized carbons (Fsp3) is 0.250. The van der Waals surface area contributed by atoms with Crippen molar-refractivity contribution in [2.24, 2.45) is 5.41 Å². The Balaban J connectivity index is 1.92. The zero-order chi connectivity index (χ0) is 31.1. The van der Waals surface area contributed by atoms with Crippen LogP contribution in [0, 0.1) is 5.41 Å². The molecule has 3 aromatic carbocycles. The average Bonchev–Trinajstić information content (AvgIpc) is 2.90. The molecule has 0 aliphatic carbocycles. The highest BCUT2D eigenvalue weighted by atomic mass is 19.4. The van der Waals surface area contributed by atoms with Crippen molar-refractivity contribution in [1.29, 1.82) is 0 Å². The van der Waals surface area contributed by atoms with Gasteiger partial charge in [0.15, 0.2) is 11.6 Å². The maximum absolute atomic E-state index is 13.6. The number of carboxylic acids is 1. The van der Waals surface area contributed by atoms with Gasteiger partial charge in [-0.2, -0.15) is 0 Å². The molecule has 0 aliphatic rings. The number of benzene rings is 3. The smallest absolute Gasteiger partial charge is 0.481 e. The number of alkyl halides is 3. The highest BCUT2D eigenvalue weighted by molar-refractivity contribution is 6.32. The fourth-order valence-corrected chi connectivity index (χ4v) is 4.04. The van der Waals surface area contributed by atoms with Crippen molar-refractivity contribution in [3.05, 3.63) is 107 Å². The number of ether oxygens (including phenoxy) is 1. The van der Waals surface area contributed by atoms with Crippen molar-refractivity contribution in [3.63, 3.8) is 0 Å². The van der Waals surface area contributed by atoms with Crippen LogP contribution in [0.1, 0.15) is 69.4 Å². The van der Waals surface area contributed by atoms with E-state index >= 15 is 0 Å². The average molecular weight is 582 g/mol. The van der Waals surface area contributed by atoms with Crippen LogP contribution in [0.2, 0.25) is 0 Å². The van der Waals surface area contributed by atoms with Gasteiger partial charge in [-0.05, 0) is 65.4 Å². The molecule has 0 fully saturated rings. The summed E-state index contributed by atoms with van der Waals surface area (Å²) in [7, 11) is 0. The molecule has 0 saturated heterocycles. The maximum Gasteiger partial charge on any atom is 0.573 e. The lowest BCUT2D eigenvalue weighted by Crippen LogP contribution is -2.26. The highest BCUT2D eigenvalue weighted by Gasteiger charge is 2.31. The summed E-state index contributed by atoms with van der Waals surface area (Å²) >= 11 is 0. The summed E-state index contributed by atoms with van der Waals surface area (Å²) in [6, 6.07) is 17.2. The van der Waals surface area contributed by atoms with Gasteiger partial charge in [-0.25, -0.2) is 0 Å². The summed E-state index contributed by atoms with van der Waals surface area (Å²) in [5.74, 6) is -3.16. The number of allylic oxidation sites excluding steroid dienone is 2. The molecule has 42 heavy (non-hydrogen) atoms. The molecule has 0 bridgehead atoms. The second-order valence-corrected chi connectivity index (χ2v) is 10.7. The van der Waals surface area contributed by atoms with Crippen molar-refractivity contribution in [1.82, 2.24) is 5.32 Å². The molecule has 7 nitrogen and oxygen atoms in total. The quantitative estimate of drug-likeness (QED) is 0.197. The number of nitrogens with one attached hydrogen (secondary N) is 1. The largest absolute Gasteiger partial charge is 0.573 e. The Bertz CT molecular complexity index is 1470. The van der Waals surface area contributed by atoms with Crippen LogP contribution in [0.5, 0.6) is 5.75 Å². The molecular formula is C32H30F3NO6. The van der Waals surface area contributed by atoms with Gasteiger partial charge in [-0.1, -0.05) is 57.2 Å². The van der Waals surface area contributed by atoms with Crippen LogP contribution < -0.4 is 10.1 Å². The molecule has 10 heteroatoms. The normalized spacial score (nSPS) is 12.0. The topological polar surface area (TPSA) is 110 Å². The molecule has 3 aromatic rings. The van der Waals surface area contributed by atoms with E-state index in [2.05, 4.69) is 30.8 Å². The van der Waals surface area contributed by atoms with Gasteiger partial charge in [-0.15, -0.1) is 13.2 Å². The van der Waals surface area contributed by atoms with Gasteiger partial charge in [0.1, 0.15) is 5.75 Å². The Morgan fingerprint density at radius 1 is 0.786 bits per heavy atom. The standard InChI is InChI=1S/C32H30F3NO6/c1-31(2,3)19-20-4-6-21(7-5-20)26(18-27(37)22-12-14-25(15-13-22)42-32(33,34)35)29(40)23-8-10-24(11-9-23)30(41)36-17-16-28(38)39/h4-15,18H,16-17,19H2,1-3H3,(H,36,41)(H,38,39)/b26-18-. The van der Waals surface area contributed by atoms with Crippen LogP contribution in [0.3, 0.4) is 0 Å². The molecule has 0 heterocycles. The molecule has 3 rings (SSSR count). The van der Waals surface area contributed by atoms with Crippen LogP contribution in [0.25, 0.3) is 5.57 Å². The molecule has 2 N–H and O–H groups in total. The number of halogens is 3. The lowest BCUT2D eigenvalue weighted by atomic mass is 9.87. The van der Waals surface area contributed by atoms with Gasteiger partial charge in [0.2, 0.25) is 0 Å². The first-order chi connectivity index (χ1) is 19.6. The molecule has 0 aliphatic heterocycles. The summed E-state index contributed by atoms with van der Waals surface area (Å²) in [6.45, 7) is 6.22. The minimum Gasteiger partial charge on any atom is -0.481 e. The Morgan fingerprint density at radius 3 is 1.83 bits per heavy atom. The summed E-state index contributed by atoms with van der Waals surface area (Å²) < 4.78 is 41.4. The molecule has 0 aromatic heterocycles. The Hall–Kier alpha value is -4.73. The minimum absolute atomic E-state index is 0.0234. The predicted octanol–water partition coefficient (Wildman–Crippen LogP) is 6.53. The van der Waals surface area contributed by atoms with E-state index in [1.165, 1.54) is 36.4 Å². The van der Waals surface area contributed by atoms with E-state index in [1.807, 2.05) is 12.1 Å². The molecule has 0 saturated carbocycles. The van der Waals surface area contributed by atoms with Crippen molar-refractivity contribution in [3.8, 4) is 5.75 Å². The number of amides is 1. The highest BCUT2D eigenvalue weighted by Crippen LogP contribution is 2.26. The van der Waals surface area contributed by atoms with Gasteiger partial charge in [0.25, 0.3) is 5.91 Å². The lowest BCUT2D eigenvalue weighted by molar-refractivity contribution is -0.274. The molecule has 1 amide bonds. The van der Waals surface area contributed by atoms with E-state index in [0.29, 0.717) is 5.56 Å². The Labute approximate surface area is 241 Å². The molecule has 0 atom stereocenters. The number of carbonyl (C=O) groups is 4. The van der Waals surface area contributed by atoms with Crippen molar-refractivity contribution in [2.75, 3.05) is 6.54 Å². The lowest BCUT2D eigenvalue weighted by Gasteiger charge is -2.18. The molecule has 220 valence electrons. The SMILES string of the molecule is CC(C)(C)Cc1ccc(/C(=C/C(=O)c2ccc(OC(F)(F)F)cc2)C(=O)c2ccc(C(=O)NCCC(=O)O)cc2)cc1. The van der Waals surface area contributed by atoms with Crippen LogP contribution in [0.4, 0.5) is 13.2 Å². The van der Waals surface area contributed by atoms with E-state index in [1.54, 1.807) is 12.1 Å². The van der Waals surface area contributed by atoms with E-state index < -0.39 is 35.6 Å². The van der Waals surface area contributed by atoms with E-state index in [4.69, 9.17) is 5.11 Å². The van der Waals surface area contributed by atoms with Crippen molar-refractivity contribution < 1.29 is 42.2 Å². The summed E-state index contributed by atoms with van der Waals surface area (Å²) in [5, 5.41) is 11.2. The van der Waals surface area contributed by atoms with Gasteiger partial charge in [0.05, 0.1) is 6.42 Å². The first kappa shape index (κ1) is 31.8. The van der Waals surface area contributed by atoms with Gasteiger partial charge in [0, 0.05) is 28.8 Å². The zero-order valence-electron chi connectivity index (χ0n) is 23.2. The second-order valence-electron chi connectivity index (χ2n) is 10.7. The first-order valence-electron chi connectivity index (χ1n) is 13.0. The van der Waals surface area contributed by atoms with E-state index in [-0.39, 0.29) is 40.6 Å². The third-order valence-corrected chi connectivity index (χ3v) is 5.93. The number of ketones is 2.